The van der Waals surface area contributed by atoms with Crippen molar-refractivity contribution in [2.24, 2.45) is 11.7 Å². The minimum Gasteiger partial charge on any atom is -0.486 e. The van der Waals surface area contributed by atoms with E-state index in [4.69, 9.17) is 15.2 Å². The van der Waals surface area contributed by atoms with Crippen molar-refractivity contribution in [2.45, 2.75) is 31.7 Å². The molecule has 1 fully saturated rings. The number of hydrogen-bond acceptors (Lipinski definition) is 4. The number of amides is 1. The number of fused-ring (bicyclic) bond motifs is 1. The van der Waals surface area contributed by atoms with E-state index in [1.54, 1.807) is 0 Å². The van der Waals surface area contributed by atoms with Crippen molar-refractivity contribution in [1.82, 2.24) is 0 Å². The lowest BCUT2D eigenvalue weighted by molar-refractivity contribution is -0.120. The number of rotatable bonds is 2. The topological polar surface area (TPSA) is 73.6 Å². The molecule has 0 radical (unpaired) electrons. The third kappa shape index (κ3) is 3.32. The molecule has 1 heterocycles. The van der Waals surface area contributed by atoms with Crippen LogP contribution in [0.5, 0.6) is 11.5 Å². The van der Waals surface area contributed by atoms with E-state index < -0.39 is 0 Å². The van der Waals surface area contributed by atoms with Crippen LogP contribution in [0.25, 0.3) is 0 Å². The molecule has 5 nitrogen and oxygen atoms in total. The molecule has 0 bridgehead atoms. The van der Waals surface area contributed by atoms with Crippen LogP contribution in [0.3, 0.4) is 0 Å². The predicted molar refractivity (Wildman–Crippen MR) is 83.7 cm³/mol. The monoisotopic (exact) mass is 354 g/mol. The lowest BCUT2D eigenvalue weighted by atomic mass is 9.86. The Balaban J connectivity index is 1.71. The van der Waals surface area contributed by atoms with Crippen LogP contribution in [0, 0.1) is 5.92 Å². The minimum atomic E-state index is 0.0462. The van der Waals surface area contributed by atoms with Gasteiger partial charge in [-0.15, -0.1) is 0 Å². The van der Waals surface area contributed by atoms with Gasteiger partial charge in [-0.25, -0.2) is 0 Å². The predicted octanol–water partition coefficient (Wildman–Crippen LogP) is 2.68. The second-order valence-electron chi connectivity index (χ2n) is 5.58. The van der Waals surface area contributed by atoms with Gasteiger partial charge < -0.3 is 20.5 Å². The highest BCUT2D eigenvalue weighted by molar-refractivity contribution is 9.10. The normalized spacial score (nSPS) is 24.5. The van der Waals surface area contributed by atoms with Crippen LogP contribution in [-0.4, -0.2) is 25.2 Å². The van der Waals surface area contributed by atoms with Crippen molar-refractivity contribution in [1.29, 1.82) is 0 Å². The molecular weight excluding hydrogens is 336 g/mol. The van der Waals surface area contributed by atoms with Crippen LogP contribution >= 0.6 is 15.9 Å². The molecule has 0 atom stereocenters. The maximum atomic E-state index is 12.3. The maximum absolute atomic E-state index is 12.3. The van der Waals surface area contributed by atoms with Crippen LogP contribution in [0.2, 0.25) is 0 Å². The van der Waals surface area contributed by atoms with Crippen LogP contribution in [0.1, 0.15) is 25.7 Å². The lowest BCUT2D eigenvalue weighted by Gasteiger charge is -2.26. The summed E-state index contributed by atoms with van der Waals surface area (Å²) in [6.07, 6.45) is 3.55. The summed E-state index contributed by atoms with van der Waals surface area (Å²) in [5, 5.41) is 2.98. The largest absolute Gasteiger partial charge is 0.486 e. The quantitative estimate of drug-likeness (QED) is 0.856. The van der Waals surface area contributed by atoms with E-state index in [9.17, 15) is 4.79 Å². The zero-order chi connectivity index (χ0) is 14.8. The molecule has 1 aromatic carbocycles. The summed E-state index contributed by atoms with van der Waals surface area (Å²) in [6.45, 7) is 1.08. The maximum Gasteiger partial charge on any atom is 0.227 e. The molecule has 0 aromatic heterocycles. The Hall–Kier alpha value is -1.27. The second kappa shape index (κ2) is 6.23. The number of ether oxygens (including phenoxy) is 2. The van der Waals surface area contributed by atoms with Gasteiger partial charge in [-0.05, 0) is 41.6 Å². The fraction of sp³-hybridized carbons (Fsp3) is 0.533. The Morgan fingerprint density at radius 1 is 1.14 bits per heavy atom. The first-order valence-electron chi connectivity index (χ1n) is 7.29. The average Bonchev–Trinajstić information content (AvgIpc) is 2.48. The number of hydrogen-bond donors (Lipinski definition) is 2. The van der Waals surface area contributed by atoms with Crippen molar-refractivity contribution < 1.29 is 14.3 Å². The zero-order valence-electron chi connectivity index (χ0n) is 11.7. The van der Waals surface area contributed by atoms with Crippen LogP contribution < -0.4 is 20.5 Å². The number of nitrogens with two attached hydrogens (primary N) is 1. The van der Waals surface area contributed by atoms with Crippen LogP contribution in [0.4, 0.5) is 5.69 Å². The number of nitrogens with one attached hydrogen (secondary N) is 1. The fourth-order valence-corrected chi connectivity index (χ4v) is 3.20. The van der Waals surface area contributed by atoms with Crippen molar-refractivity contribution >= 4 is 27.5 Å². The smallest absolute Gasteiger partial charge is 0.227 e. The summed E-state index contributed by atoms with van der Waals surface area (Å²) in [5.41, 5.74) is 6.60. The molecule has 1 aliphatic carbocycles. The van der Waals surface area contributed by atoms with Gasteiger partial charge in [0.05, 0.1) is 5.69 Å². The van der Waals surface area contributed by atoms with Gasteiger partial charge in [-0.3, -0.25) is 4.79 Å². The van der Waals surface area contributed by atoms with Gasteiger partial charge >= 0.3 is 0 Å². The van der Waals surface area contributed by atoms with E-state index in [2.05, 4.69) is 21.2 Å². The first-order valence-corrected chi connectivity index (χ1v) is 8.08. The molecule has 21 heavy (non-hydrogen) atoms. The molecule has 2 aliphatic rings. The lowest BCUT2D eigenvalue weighted by Crippen LogP contribution is -2.32. The highest BCUT2D eigenvalue weighted by Gasteiger charge is 2.25. The van der Waals surface area contributed by atoms with E-state index in [0.29, 0.717) is 24.7 Å². The van der Waals surface area contributed by atoms with Gasteiger partial charge in [0.15, 0.2) is 11.5 Å². The van der Waals surface area contributed by atoms with E-state index in [1.165, 1.54) is 0 Å². The van der Waals surface area contributed by atoms with Gasteiger partial charge in [-0.1, -0.05) is 0 Å². The molecule has 3 N–H and O–H groups in total. The molecule has 1 aliphatic heterocycles. The van der Waals surface area contributed by atoms with Gasteiger partial charge in [0.1, 0.15) is 13.2 Å². The molecule has 114 valence electrons. The number of carbonyl (C=O) groups is 1. The summed E-state index contributed by atoms with van der Waals surface area (Å²) < 4.78 is 11.9. The van der Waals surface area contributed by atoms with E-state index in [0.717, 1.165) is 35.8 Å². The molecule has 6 heteroatoms. The van der Waals surface area contributed by atoms with Gasteiger partial charge in [-0.2, -0.15) is 0 Å². The van der Waals surface area contributed by atoms with Crippen molar-refractivity contribution in [3.63, 3.8) is 0 Å². The molecule has 1 saturated carbocycles. The van der Waals surface area contributed by atoms with Crippen LogP contribution in [0.15, 0.2) is 16.6 Å². The van der Waals surface area contributed by atoms with E-state index in [1.807, 2.05) is 12.1 Å². The minimum absolute atomic E-state index is 0.0462. The number of halogens is 1. The Labute approximate surface area is 132 Å². The SMILES string of the molecule is NC1CCC(C(=O)Nc2cc3c(cc2Br)OCCO3)CC1. The number of carbonyl (C=O) groups excluding carboxylic acids is 1. The van der Waals surface area contributed by atoms with E-state index >= 15 is 0 Å². The highest BCUT2D eigenvalue weighted by atomic mass is 79.9. The fourth-order valence-electron chi connectivity index (χ4n) is 2.78. The van der Waals surface area contributed by atoms with E-state index in [-0.39, 0.29) is 17.9 Å². The molecule has 1 amide bonds. The Morgan fingerprint density at radius 2 is 1.76 bits per heavy atom. The summed E-state index contributed by atoms with van der Waals surface area (Å²) >= 11 is 3.47. The van der Waals surface area contributed by atoms with Crippen molar-refractivity contribution in [3.8, 4) is 11.5 Å². The van der Waals surface area contributed by atoms with Crippen LogP contribution in [-0.2, 0) is 4.79 Å². The third-order valence-electron chi connectivity index (χ3n) is 4.03. The first kappa shape index (κ1) is 14.7. The zero-order valence-corrected chi connectivity index (χ0v) is 13.3. The molecular formula is C15H19BrN2O3. The Bertz CT molecular complexity index is 542. The van der Waals surface area contributed by atoms with Crippen molar-refractivity contribution in [2.75, 3.05) is 18.5 Å². The van der Waals surface area contributed by atoms with Gasteiger partial charge in [0, 0.05) is 28.6 Å². The summed E-state index contributed by atoms with van der Waals surface area (Å²) in [4.78, 5) is 12.3. The first-order chi connectivity index (χ1) is 10.1. The summed E-state index contributed by atoms with van der Waals surface area (Å²) in [6, 6.07) is 3.89. The molecule has 0 spiro atoms. The van der Waals surface area contributed by atoms with Gasteiger partial charge in [0.25, 0.3) is 0 Å². The molecule has 3 rings (SSSR count). The number of benzene rings is 1. The Kier molecular flexibility index (Phi) is 4.35. The summed E-state index contributed by atoms with van der Waals surface area (Å²) in [7, 11) is 0. The Morgan fingerprint density at radius 3 is 2.43 bits per heavy atom. The number of anilines is 1. The molecule has 1 aromatic rings. The molecule has 0 unspecified atom stereocenters. The average molecular weight is 355 g/mol. The van der Waals surface area contributed by atoms with Gasteiger partial charge in [0.2, 0.25) is 5.91 Å². The highest BCUT2D eigenvalue weighted by Crippen LogP contribution is 2.38. The third-order valence-corrected chi connectivity index (χ3v) is 4.69. The van der Waals surface area contributed by atoms with Crippen molar-refractivity contribution in [3.05, 3.63) is 16.6 Å². The standard InChI is InChI=1S/C15H19BrN2O3/c16-11-7-13-14(21-6-5-20-13)8-12(11)18-15(19)9-1-3-10(17)4-2-9/h7-10H,1-6,17H2,(H,18,19). The second-order valence-corrected chi connectivity index (χ2v) is 6.43. The summed E-state index contributed by atoms with van der Waals surface area (Å²) in [5.74, 6) is 1.48. The molecule has 0 saturated heterocycles.